The van der Waals surface area contributed by atoms with E-state index in [-0.39, 0.29) is 17.9 Å². The molecule has 34 heavy (non-hydrogen) atoms. The van der Waals surface area contributed by atoms with Gasteiger partial charge in [-0.3, -0.25) is 14.6 Å². The van der Waals surface area contributed by atoms with Gasteiger partial charge in [0, 0.05) is 40.8 Å². The van der Waals surface area contributed by atoms with Crippen molar-refractivity contribution < 1.29 is 9.59 Å². The molecule has 2 amide bonds. The highest BCUT2D eigenvalue weighted by Gasteiger charge is 2.17. The number of hydrogen-bond acceptors (Lipinski definition) is 4. The predicted molar refractivity (Wildman–Crippen MR) is 133 cm³/mol. The lowest BCUT2D eigenvalue weighted by atomic mass is 10.1. The first-order chi connectivity index (χ1) is 16.7. The van der Waals surface area contributed by atoms with E-state index in [4.69, 9.17) is 0 Å². The Morgan fingerprint density at radius 1 is 0.824 bits per heavy atom. The summed E-state index contributed by atoms with van der Waals surface area (Å²) in [6, 6.07) is 16.6. The maximum atomic E-state index is 12.8. The summed E-state index contributed by atoms with van der Waals surface area (Å²) >= 11 is 0. The number of pyridine rings is 1. The molecular weight excluding hydrogens is 426 g/mol. The highest BCUT2D eigenvalue weighted by atomic mass is 16.2. The van der Waals surface area contributed by atoms with Gasteiger partial charge in [0.25, 0.3) is 11.8 Å². The summed E-state index contributed by atoms with van der Waals surface area (Å²) in [5, 5.41) is 6.04. The monoisotopic (exact) mass is 453 g/mol. The van der Waals surface area contributed by atoms with E-state index in [0.717, 1.165) is 29.4 Å². The molecule has 0 atom stereocenters. The van der Waals surface area contributed by atoms with Crippen molar-refractivity contribution in [2.75, 3.05) is 5.32 Å². The number of H-pyrrole nitrogens is 1. The molecule has 7 heteroatoms. The highest BCUT2D eigenvalue weighted by molar-refractivity contribution is 6.04. The molecule has 0 radical (unpaired) electrons. The van der Waals surface area contributed by atoms with Crippen molar-refractivity contribution in [3.05, 3.63) is 78.1 Å². The second-order valence-electron chi connectivity index (χ2n) is 8.75. The smallest absolute Gasteiger partial charge is 0.255 e. The zero-order chi connectivity index (χ0) is 23.3. The first-order valence-electron chi connectivity index (χ1n) is 11.8. The Balaban J connectivity index is 1.29. The minimum atomic E-state index is -0.188. The zero-order valence-corrected chi connectivity index (χ0v) is 18.9. The molecule has 0 unspecified atom stereocenters. The van der Waals surface area contributed by atoms with E-state index >= 15 is 0 Å². The van der Waals surface area contributed by atoms with E-state index in [0.29, 0.717) is 22.6 Å². The van der Waals surface area contributed by atoms with Crippen LogP contribution in [0.25, 0.3) is 22.4 Å². The van der Waals surface area contributed by atoms with E-state index in [9.17, 15) is 9.59 Å². The Labute approximate surface area is 198 Å². The summed E-state index contributed by atoms with van der Waals surface area (Å²) in [6.45, 7) is 0. The highest BCUT2D eigenvalue weighted by Crippen LogP contribution is 2.23. The van der Waals surface area contributed by atoms with Crippen LogP contribution in [-0.2, 0) is 0 Å². The Hall–Kier alpha value is -4.00. The number of nitrogens with zero attached hydrogens (tertiary/aromatic N) is 2. The first kappa shape index (κ1) is 21.8. The molecule has 1 aliphatic rings. The van der Waals surface area contributed by atoms with Crippen LogP contribution in [0.15, 0.2) is 67.0 Å². The number of fused-ring (bicyclic) bond motifs is 1. The largest absolute Gasteiger partial charge is 0.349 e. The number of carbonyl (C=O) groups excluding carboxylic acids is 2. The van der Waals surface area contributed by atoms with Crippen LogP contribution >= 0.6 is 0 Å². The predicted octanol–water partition coefficient (Wildman–Crippen LogP) is 5.33. The maximum absolute atomic E-state index is 12.8. The Bertz CT molecular complexity index is 1290. The lowest BCUT2D eigenvalue weighted by molar-refractivity contribution is 0.0932. The van der Waals surface area contributed by atoms with Crippen LogP contribution in [-0.4, -0.2) is 32.8 Å². The molecule has 172 valence electrons. The van der Waals surface area contributed by atoms with Gasteiger partial charge < -0.3 is 15.6 Å². The number of nitrogens with one attached hydrogen (secondary N) is 3. The number of rotatable bonds is 5. The van der Waals surface area contributed by atoms with Gasteiger partial charge in [-0.25, -0.2) is 4.98 Å². The van der Waals surface area contributed by atoms with Gasteiger partial charge in [-0.2, -0.15) is 0 Å². The number of carbonyl (C=O) groups is 2. The average Bonchev–Trinajstić information content (AvgIpc) is 3.13. The van der Waals surface area contributed by atoms with E-state index in [1.165, 1.54) is 25.7 Å². The number of benzene rings is 2. The molecule has 3 N–H and O–H groups in total. The second kappa shape index (κ2) is 9.87. The number of anilines is 1. The van der Waals surface area contributed by atoms with Crippen LogP contribution in [0.5, 0.6) is 0 Å². The van der Waals surface area contributed by atoms with Gasteiger partial charge in [0.15, 0.2) is 0 Å². The van der Waals surface area contributed by atoms with Gasteiger partial charge in [-0.15, -0.1) is 0 Å². The van der Waals surface area contributed by atoms with Gasteiger partial charge in [0.2, 0.25) is 0 Å². The number of hydrogen-bond donors (Lipinski definition) is 3. The molecule has 1 saturated carbocycles. The van der Waals surface area contributed by atoms with Crippen molar-refractivity contribution in [2.24, 2.45) is 0 Å². The summed E-state index contributed by atoms with van der Waals surface area (Å²) in [6.07, 6.45) is 10.2. The van der Waals surface area contributed by atoms with Crippen molar-refractivity contribution >= 4 is 28.5 Å². The van der Waals surface area contributed by atoms with Gasteiger partial charge in [0.05, 0.1) is 11.0 Å². The maximum Gasteiger partial charge on any atom is 0.255 e. The van der Waals surface area contributed by atoms with Crippen molar-refractivity contribution in [1.82, 2.24) is 20.3 Å². The third-order valence-electron chi connectivity index (χ3n) is 6.29. The Morgan fingerprint density at radius 3 is 2.26 bits per heavy atom. The molecule has 2 aromatic heterocycles. The summed E-state index contributed by atoms with van der Waals surface area (Å²) in [4.78, 5) is 37.2. The molecule has 7 nitrogen and oxygen atoms in total. The zero-order valence-electron chi connectivity index (χ0n) is 18.9. The molecule has 0 aliphatic heterocycles. The molecule has 2 aromatic carbocycles. The topological polar surface area (TPSA) is 99.8 Å². The third kappa shape index (κ3) is 4.98. The van der Waals surface area contributed by atoms with E-state index in [1.54, 1.807) is 36.7 Å². The second-order valence-corrected chi connectivity index (χ2v) is 8.75. The molecule has 1 fully saturated rings. The van der Waals surface area contributed by atoms with Gasteiger partial charge in [-0.1, -0.05) is 37.8 Å². The Morgan fingerprint density at radius 2 is 1.53 bits per heavy atom. The molecule has 0 spiro atoms. The summed E-state index contributed by atoms with van der Waals surface area (Å²) < 4.78 is 0. The van der Waals surface area contributed by atoms with Gasteiger partial charge in [-0.05, 0) is 55.3 Å². The van der Waals surface area contributed by atoms with Crippen LogP contribution in [0.3, 0.4) is 0 Å². The van der Waals surface area contributed by atoms with Crippen molar-refractivity contribution in [2.45, 2.75) is 44.6 Å². The van der Waals surface area contributed by atoms with Crippen molar-refractivity contribution in [3.8, 4) is 11.4 Å². The number of imidazole rings is 1. The molecule has 4 aromatic rings. The Kier molecular flexibility index (Phi) is 6.33. The number of amides is 2. The van der Waals surface area contributed by atoms with Crippen molar-refractivity contribution in [3.63, 3.8) is 0 Å². The fourth-order valence-corrected chi connectivity index (χ4v) is 4.39. The van der Waals surface area contributed by atoms with E-state index < -0.39 is 0 Å². The summed E-state index contributed by atoms with van der Waals surface area (Å²) in [7, 11) is 0. The van der Waals surface area contributed by atoms with Gasteiger partial charge >= 0.3 is 0 Å². The number of aromatic amines is 1. The molecule has 1 aliphatic carbocycles. The fraction of sp³-hybridized carbons (Fsp3) is 0.259. The normalized spacial score (nSPS) is 14.5. The van der Waals surface area contributed by atoms with E-state index in [1.807, 2.05) is 30.3 Å². The minimum absolute atomic E-state index is 0.0390. The molecule has 0 saturated heterocycles. The van der Waals surface area contributed by atoms with Crippen LogP contribution in [0.1, 0.15) is 59.2 Å². The standard InChI is InChI=1S/C27H27N5O2/c33-26(30-22-13-15-28-16-14-22)19-9-7-18(8-10-19)25-31-23-12-11-20(17-24(23)32-25)27(34)29-21-5-3-1-2-4-6-21/h7-17,21H,1-6H2,(H,29,34)(H,31,32)(H,28,30,33). The SMILES string of the molecule is O=C(Nc1ccncc1)c1ccc(-c2nc3cc(C(=O)NC4CCCCCC4)ccc3[nH]2)cc1. The van der Waals surface area contributed by atoms with Crippen molar-refractivity contribution in [1.29, 1.82) is 0 Å². The van der Waals surface area contributed by atoms with E-state index in [2.05, 4.69) is 25.6 Å². The minimum Gasteiger partial charge on any atom is -0.349 e. The van der Waals surface area contributed by atoms with Gasteiger partial charge in [0.1, 0.15) is 5.82 Å². The van der Waals surface area contributed by atoms with Crippen LogP contribution in [0.4, 0.5) is 5.69 Å². The lowest BCUT2D eigenvalue weighted by Crippen LogP contribution is -2.34. The molecular formula is C27H27N5O2. The summed E-state index contributed by atoms with van der Waals surface area (Å²) in [5.74, 6) is 0.465. The first-order valence-corrected chi connectivity index (χ1v) is 11.8. The van der Waals surface area contributed by atoms with Crippen LogP contribution in [0.2, 0.25) is 0 Å². The van der Waals surface area contributed by atoms with Crippen LogP contribution in [0, 0.1) is 0 Å². The fourth-order valence-electron chi connectivity index (χ4n) is 4.39. The lowest BCUT2D eigenvalue weighted by Gasteiger charge is -2.16. The third-order valence-corrected chi connectivity index (χ3v) is 6.29. The number of aromatic nitrogens is 3. The quantitative estimate of drug-likeness (QED) is 0.356. The molecule has 2 heterocycles. The summed E-state index contributed by atoms with van der Waals surface area (Å²) in [5.41, 5.74) is 4.33. The molecule has 0 bridgehead atoms. The van der Waals surface area contributed by atoms with Crippen LogP contribution < -0.4 is 10.6 Å². The average molecular weight is 454 g/mol. The molecule has 5 rings (SSSR count).